The lowest BCUT2D eigenvalue weighted by Gasteiger charge is -2.45. The standard InChI is InChI=1S/C21H28N2O/c1-20(2)17-21(11-14-24-20,19-8-4-3-5-9-19)10-13-23-16-18-7-6-12-22-15-18/h3-9,12,15,23H,10-11,13-14,16-17H2,1-2H3/t21-/m0/s1. The molecule has 0 aliphatic carbocycles. The van der Waals surface area contributed by atoms with E-state index in [1.807, 2.05) is 18.5 Å². The smallest absolute Gasteiger partial charge is 0.0635 e. The minimum atomic E-state index is -0.0581. The van der Waals surface area contributed by atoms with Gasteiger partial charge in [-0.1, -0.05) is 36.4 Å². The normalized spacial score (nSPS) is 23.1. The van der Waals surface area contributed by atoms with Gasteiger partial charge in [-0.15, -0.1) is 0 Å². The minimum absolute atomic E-state index is 0.0581. The highest BCUT2D eigenvalue weighted by molar-refractivity contribution is 5.27. The SMILES string of the molecule is CC1(C)C[C@@](CCNCc2cccnc2)(c2ccccc2)CCO1. The maximum atomic E-state index is 5.99. The molecule has 2 aromatic rings. The fraction of sp³-hybridized carbons (Fsp3) is 0.476. The van der Waals surface area contributed by atoms with Crippen molar-refractivity contribution in [3.63, 3.8) is 0 Å². The van der Waals surface area contributed by atoms with E-state index in [2.05, 4.69) is 60.5 Å². The number of rotatable bonds is 6. The Morgan fingerprint density at radius 3 is 2.67 bits per heavy atom. The molecule has 0 radical (unpaired) electrons. The predicted octanol–water partition coefficient (Wildman–Crippen LogP) is 4.09. The van der Waals surface area contributed by atoms with Gasteiger partial charge in [0.05, 0.1) is 5.60 Å². The highest BCUT2D eigenvalue weighted by atomic mass is 16.5. The Kier molecular flexibility index (Phi) is 5.32. The largest absolute Gasteiger partial charge is 0.376 e. The number of ether oxygens (including phenoxy) is 1. The van der Waals surface area contributed by atoms with E-state index in [9.17, 15) is 0 Å². The Balaban J connectivity index is 1.67. The highest BCUT2D eigenvalue weighted by Crippen LogP contribution is 2.43. The van der Waals surface area contributed by atoms with Gasteiger partial charge in [0.15, 0.2) is 0 Å². The number of nitrogens with one attached hydrogen (secondary N) is 1. The Bertz CT molecular complexity index is 627. The number of aromatic nitrogens is 1. The van der Waals surface area contributed by atoms with Crippen LogP contribution in [0.15, 0.2) is 54.9 Å². The maximum Gasteiger partial charge on any atom is 0.0635 e. The Labute approximate surface area is 145 Å². The Morgan fingerprint density at radius 1 is 1.12 bits per heavy atom. The Morgan fingerprint density at radius 2 is 1.96 bits per heavy atom. The number of hydrogen-bond acceptors (Lipinski definition) is 3. The summed E-state index contributed by atoms with van der Waals surface area (Å²) < 4.78 is 5.99. The molecule has 1 aromatic heterocycles. The molecule has 128 valence electrons. The average molecular weight is 324 g/mol. The van der Waals surface area contributed by atoms with E-state index >= 15 is 0 Å². The van der Waals surface area contributed by atoms with Gasteiger partial charge in [-0.25, -0.2) is 0 Å². The molecule has 0 saturated carbocycles. The summed E-state index contributed by atoms with van der Waals surface area (Å²) >= 11 is 0. The first-order chi connectivity index (χ1) is 11.6. The van der Waals surface area contributed by atoms with Crippen LogP contribution >= 0.6 is 0 Å². The molecule has 1 saturated heterocycles. The van der Waals surface area contributed by atoms with Crippen molar-refractivity contribution >= 4 is 0 Å². The van der Waals surface area contributed by atoms with Crippen LogP contribution in [-0.2, 0) is 16.7 Å². The summed E-state index contributed by atoms with van der Waals surface area (Å²) in [5.41, 5.74) is 2.82. The van der Waals surface area contributed by atoms with Gasteiger partial charge in [0.1, 0.15) is 0 Å². The molecule has 1 aliphatic rings. The van der Waals surface area contributed by atoms with Gasteiger partial charge in [-0.3, -0.25) is 4.98 Å². The summed E-state index contributed by atoms with van der Waals surface area (Å²) in [6.45, 7) is 7.14. The van der Waals surface area contributed by atoms with Crippen molar-refractivity contribution < 1.29 is 4.74 Å². The number of nitrogens with zero attached hydrogens (tertiary/aromatic N) is 1. The monoisotopic (exact) mass is 324 g/mol. The van der Waals surface area contributed by atoms with Crippen molar-refractivity contribution in [1.82, 2.24) is 10.3 Å². The molecule has 3 nitrogen and oxygen atoms in total. The first kappa shape index (κ1) is 17.1. The van der Waals surface area contributed by atoms with Gasteiger partial charge in [0, 0.05) is 31.0 Å². The van der Waals surface area contributed by atoms with E-state index in [1.54, 1.807) is 0 Å². The molecule has 1 aromatic carbocycles. The van der Waals surface area contributed by atoms with Crippen molar-refractivity contribution in [3.8, 4) is 0 Å². The van der Waals surface area contributed by atoms with Gasteiger partial charge < -0.3 is 10.1 Å². The molecule has 0 amide bonds. The summed E-state index contributed by atoms with van der Waals surface area (Å²) in [5.74, 6) is 0. The zero-order valence-electron chi connectivity index (χ0n) is 14.8. The molecule has 3 heteroatoms. The summed E-state index contributed by atoms with van der Waals surface area (Å²) in [6, 6.07) is 15.1. The fourth-order valence-corrected chi connectivity index (χ4v) is 3.94. The fourth-order valence-electron chi connectivity index (χ4n) is 3.94. The van der Waals surface area contributed by atoms with E-state index in [1.165, 1.54) is 11.1 Å². The van der Waals surface area contributed by atoms with E-state index in [0.29, 0.717) is 0 Å². The molecule has 0 bridgehead atoms. The van der Waals surface area contributed by atoms with Crippen LogP contribution < -0.4 is 5.32 Å². The van der Waals surface area contributed by atoms with Crippen LogP contribution in [0, 0.1) is 0 Å². The third-order valence-corrected chi connectivity index (χ3v) is 5.06. The third-order valence-electron chi connectivity index (χ3n) is 5.06. The van der Waals surface area contributed by atoms with Gasteiger partial charge in [-0.05, 0) is 56.8 Å². The third kappa shape index (κ3) is 4.22. The second-order valence-corrected chi connectivity index (χ2v) is 7.47. The van der Waals surface area contributed by atoms with Crippen molar-refractivity contribution in [2.24, 2.45) is 0 Å². The number of benzene rings is 1. The summed E-state index contributed by atoms with van der Waals surface area (Å²) in [4.78, 5) is 4.18. The van der Waals surface area contributed by atoms with Gasteiger partial charge in [-0.2, -0.15) is 0 Å². The molecule has 1 fully saturated rings. The molecule has 24 heavy (non-hydrogen) atoms. The zero-order chi connectivity index (χ0) is 16.9. The molecule has 1 atom stereocenters. The molecule has 1 N–H and O–H groups in total. The number of hydrogen-bond donors (Lipinski definition) is 1. The first-order valence-corrected chi connectivity index (χ1v) is 8.89. The van der Waals surface area contributed by atoms with Gasteiger partial charge >= 0.3 is 0 Å². The van der Waals surface area contributed by atoms with Crippen molar-refractivity contribution in [3.05, 3.63) is 66.0 Å². The maximum absolute atomic E-state index is 5.99. The molecule has 0 spiro atoms. The lowest BCUT2D eigenvalue weighted by molar-refractivity contribution is -0.0840. The van der Waals surface area contributed by atoms with E-state index in [4.69, 9.17) is 4.74 Å². The quantitative estimate of drug-likeness (QED) is 0.813. The van der Waals surface area contributed by atoms with Crippen molar-refractivity contribution in [2.75, 3.05) is 13.2 Å². The predicted molar refractivity (Wildman–Crippen MR) is 97.9 cm³/mol. The first-order valence-electron chi connectivity index (χ1n) is 8.89. The zero-order valence-corrected chi connectivity index (χ0v) is 14.8. The van der Waals surface area contributed by atoms with E-state index in [-0.39, 0.29) is 11.0 Å². The minimum Gasteiger partial charge on any atom is -0.376 e. The summed E-state index contributed by atoms with van der Waals surface area (Å²) in [5, 5.41) is 3.59. The van der Waals surface area contributed by atoms with Crippen LogP contribution in [0.25, 0.3) is 0 Å². The molecule has 0 unspecified atom stereocenters. The molecule has 3 rings (SSSR count). The molecule has 1 aliphatic heterocycles. The van der Waals surface area contributed by atoms with Crippen LogP contribution in [-0.4, -0.2) is 23.7 Å². The van der Waals surface area contributed by atoms with Crippen LogP contribution in [0.4, 0.5) is 0 Å². The van der Waals surface area contributed by atoms with Gasteiger partial charge in [0.2, 0.25) is 0 Å². The second kappa shape index (κ2) is 7.45. The van der Waals surface area contributed by atoms with Crippen LogP contribution in [0.2, 0.25) is 0 Å². The number of pyridine rings is 1. The van der Waals surface area contributed by atoms with Crippen molar-refractivity contribution in [2.45, 2.75) is 50.7 Å². The Hall–Kier alpha value is -1.71. The summed E-state index contributed by atoms with van der Waals surface area (Å²) in [6.07, 6.45) is 7.03. The lowest BCUT2D eigenvalue weighted by atomic mass is 9.67. The van der Waals surface area contributed by atoms with Crippen molar-refractivity contribution in [1.29, 1.82) is 0 Å². The van der Waals surface area contributed by atoms with Gasteiger partial charge in [0.25, 0.3) is 0 Å². The van der Waals surface area contributed by atoms with Crippen LogP contribution in [0.3, 0.4) is 0 Å². The van der Waals surface area contributed by atoms with E-state index in [0.717, 1.165) is 39.0 Å². The molecule has 2 heterocycles. The molecular weight excluding hydrogens is 296 g/mol. The highest BCUT2D eigenvalue weighted by Gasteiger charge is 2.41. The summed E-state index contributed by atoms with van der Waals surface area (Å²) in [7, 11) is 0. The topological polar surface area (TPSA) is 34.2 Å². The molecular formula is C21H28N2O. The second-order valence-electron chi connectivity index (χ2n) is 7.47. The van der Waals surface area contributed by atoms with E-state index < -0.39 is 0 Å². The van der Waals surface area contributed by atoms with Crippen LogP contribution in [0.5, 0.6) is 0 Å². The van der Waals surface area contributed by atoms with Crippen LogP contribution in [0.1, 0.15) is 44.2 Å². The lowest BCUT2D eigenvalue weighted by Crippen LogP contribution is -2.45. The average Bonchev–Trinajstić information content (AvgIpc) is 2.60.